The number of benzene rings is 1. The Hall–Kier alpha value is -0.680. The van der Waals surface area contributed by atoms with Crippen LogP contribution in [0.4, 0.5) is 13.2 Å². The lowest BCUT2D eigenvalue weighted by Crippen LogP contribution is -2.35. The minimum atomic E-state index is -1.06. The van der Waals surface area contributed by atoms with Gasteiger partial charge in [-0.15, -0.1) is 11.8 Å². The molecule has 100 valence electrons. The topological polar surface area (TPSA) is 12.0 Å². The molecule has 0 spiro atoms. The van der Waals surface area contributed by atoms with Crippen LogP contribution >= 0.6 is 11.8 Å². The molecular formula is C13H16F3NS. The summed E-state index contributed by atoms with van der Waals surface area (Å²) in [5.41, 5.74) is 0.127. The molecule has 1 saturated heterocycles. The maximum Gasteiger partial charge on any atom is 0.175 e. The lowest BCUT2D eigenvalue weighted by Gasteiger charge is -2.23. The molecule has 1 unspecified atom stereocenters. The Morgan fingerprint density at radius 2 is 2.06 bits per heavy atom. The number of nitrogens with one attached hydrogen (secondary N) is 1. The van der Waals surface area contributed by atoms with Gasteiger partial charge in [0.25, 0.3) is 0 Å². The summed E-state index contributed by atoms with van der Waals surface area (Å²) in [6, 6.07) is 1.24. The minimum absolute atomic E-state index is 0.118. The first-order valence-electron chi connectivity index (χ1n) is 6.07. The minimum Gasteiger partial charge on any atom is -0.314 e. The van der Waals surface area contributed by atoms with Crippen molar-refractivity contribution in [2.45, 2.75) is 36.6 Å². The van der Waals surface area contributed by atoms with Crippen molar-refractivity contribution in [2.75, 3.05) is 12.8 Å². The largest absolute Gasteiger partial charge is 0.314 e. The average molecular weight is 275 g/mol. The molecule has 0 saturated carbocycles. The maximum absolute atomic E-state index is 13.8. The van der Waals surface area contributed by atoms with Gasteiger partial charge < -0.3 is 5.32 Å². The van der Waals surface area contributed by atoms with Crippen LogP contribution in [0.3, 0.4) is 0 Å². The third-order valence-electron chi connectivity index (χ3n) is 3.27. The highest BCUT2D eigenvalue weighted by molar-refractivity contribution is 7.98. The first-order valence-corrected chi connectivity index (χ1v) is 7.29. The van der Waals surface area contributed by atoms with Crippen LogP contribution in [0.5, 0.6) is 0 Å². The summed E-state index contributed by atoms with van der Waals surface area (Å²) >= 11 is 0.885. The molecule has 1 aliphatic rings. The lowest BCUT2D eigenvalue weighted by atomic mass is 9.97. The molecule has 0 bridgehead atoms. The van der Waals surface area contributed by atoms with E-state index in [1.807, 2.05) is 0 Å². The van der Waals surface area contributed by atoms with Crippen molar-refractivity contribution in [3.63, 3.8) is 0 Å². The van der Waals surface area contributed by atoms with Gasteiger partial charge in [-0.25, -0.2) is 13.2 Å². The summed E-state index contributed by atoms with van der Waals surface area (Å²) in [7, 11) is 0. The molecular weight excluding hydrogens is 259 g/mol. The second-order valence-electron chi connectivity index (χ2n) is 4.53. The summed E-state index contributed by atoms with van der Waals surface area (Å²) in [5, 5.41) is 3.25. The van der Waals surface area contributed by atoms with Gasteiger partial charge >= 0.3 is 0 Å². The van der Waals surface area contributed by atoms with Crippen LogP contribution in [0.15, 0.2) is 11.0 Å². The van der Waals surface area contributed by atoms with Gasteiger partial charge in [-0.3, -0.25) is 0 Å². The Morgan fingerprint density at radius 3 is 2.67 bits per heavy atom. The van der Waals surface area contributed by atoms with Crippen LogP contribution in [-0.4, -0.2) is 18.8 Å². The van der Waals surface area contributed by atoms with Gasteiger partial charge in [0, 0.05) is 6.04 Å². The molecule has 0 radical (unpaired) electrons. The predicted molar refractivity (Wildman–Crippen MR) is 67.4 cm³/mol. The van der Waals surface area contributed by atoms with Gasteiger partial charge in [0.1, 0.15) is 5.82 Å². The molecule has 1 fully saturated rings. The number of thioether (sulfide) groups is 1. The van der Waals surface area contributed by atoms with E-state index in [0.29, 0.717) is 6.42 Å². The fraction of sp³-hybridized carbons (Fsp3) is 0.538. The van der Waals surface area contributed by atoms with Crippen molar-refractivity contribution in [2.24, 2.45) is 0 Å². The molecule has 1 aromatic carbocycles. The zero-order chi connectivity index (χ0) is 13.1. The number of halogens is 3. The van der Waals surface area contributed by atoms with E-state index in [1.54, 1.807) is 0 Å². The van der Waals surface area contributed by atoms with Crippen molar-refractivity contribution >= 4 is 11.8 Å². The molecule has 0 amide bonds. The van der Waals surface area contributed by atoms with E-state index in [4.69, 9.17) is 0 Å². The van der Waals surface area contributed by atoms with E-state index >= 15 is 0 Å². The van der Waals surface area contributed by atoms with Crippen LogP contribution < -0.4 is 5.32 Å². The summed E-state index contributed by atoms with van der Waals surface area (Å²) in [6.45, 7) is 0.889. The Labute approximate surface area is 109 Å². The Kier molecular flexibility index (Phi) is 4.56. The fourth-order valence-electron chi connectivity index (χ4n) is 2.33. The van der Waals surface area contributed by atoms with Crippen molar-refractivity contribution in [3.8, 4) is 0 Å². The molecule has 1 heterocycles. The third kappa shape index (κ3) is 2.83. The van der Waals surface area contributed by atoms with Crippen molar-refractivity contribution in [3.05, 3.63) is 29.1 Å². The molecule has 1 aromatic rings. The van der Waals surface area contributed by atoms with Crippen LogP contribution in [0, 0.1) is 17.5 Å². The van der Waals surface area contributed by atoms with Crippen molar-refractivity contribution in [1.29, 1.82) is 0 Å². The molecule has 0 aromatic heterocycles. The quantitative estimate of drug-likeness (QED) is 0.669. The molecule has 1 N–H and O–H groups in total. The second kappa shape index (κ2) is 5.97. The van der Waals surface area contributed by atoms with Crippen LogP contribution in [0.1, 0.15) is 24.8 Å². The van der Waals surface area contributed by atoms with Crippen LogP contribution in [0.25, 0.3) is 0 Å². The van der Waals surface area contributed by atoms with Gasteiger partial charge in [0.05, 0.1) is 4.90 Å². The summed E-state index contributed by atoms with van der Waals surface area (Å²) < 4.78 is 41.0. The zero-order valence-electron chi connectivity index (χ0n) is 10.2. The normalized spacial score (nSPS) is 20.1. The van der Waals surface area contributed by atoms with Gasteiger partial charge in [0.15, 0.2) is 11.6 Å². The van der Waals surface area contributed by atoms with Crippen molar-refractivity contribution in [1.82, 2.24) is 5.32 Å². The molecule has 5 heteroatoms. The number of hydrogen-bond acceptors (Lipinski definition) is 2. The maximum atomic E-state index is 13.8. The number of rotatable bonds is 3. The Balaban J connectivity index is 2.22. The van der Waals surface area contributed by atoms with E-state index in [-0.39, 0.29) is 16.5 Å². The highest BCUT2D eigenvalue weighted by atomic mass is 32.2. The van der Waals surface area contributed by atoms with E-state index in [2.05, 4.69) is 5.32 Å². The lowest BCUT2D eigenvalue weighted by molar-refractivity contribution is 0.388. The van der Waals surface area contributed by atoms with Crippen LogP contribution in [-0.2, 0) is 6.42 Å². The average Bonchev–Trinajstić information content (AvgIpc) is 2.37. The predicted octanol–water partition coefficient (Wildman–Crippen LogP) is 3.51. The smallest absolute Gasteiger partial charge is 0.175 e. The Bertz CT molecular complexity index is 431. The van der Waals surface area contributed by atoms with E-state index in [9.17, 15) is 13.2 Å². The van der Waals surface area contributed by atoms with E-state index < -0.39 is 17.5 Å². The summed E-state index contributed by atoms with van der Waals surface area (Å²) in [6.07, 6.45) is 4.98. The van der Waals surface area contributed by atoms with E-state index in [0.717, 1.165) is 43.6 Å². The monoisotopic (exact) mass is 275 g/mol. The second-order valence-corrected chi connectivity index (χ2v) is 5.35. The number of hydrogen-bond donors (Lipinski definition) is 1. The zero-order valence-corrected chi connectivity index (χ0v) is 11.0. The number of piperidine rings is 1. The SMILES string of the molecule is CSc1c(F)cc(CC2CCCCN2)c(F)c1F. The first-order chi connectivity index (χ1) is 8.63. The highest BCUT2D eigenvalue weighted by Gasteiger charge is 2.21. The molecule has 1 aliphatic heterocycles. The molecule has 1 atom stereocenters. The highest BCUT2D eigenvalue weighted by Crippen LogP contribution is 2.28. The van der Waals surface area contributed by atoms with Crippen molar-refractivity contribution < 1.29 is 13.2 Å². The van der Waals surface area contributed by atoms with Gasteiger partial charge in [-0.2, -0.15) is 0 Å². The van der Waals surface area contributed by atoms with E-state index in [1.165, 1.54) is 6.26 Å². The van der Waals surface area contributed by atoms with Gasteiger partial charge in [0.2, 0.25) is 0 Å². The van der Waals surface area contributed by atoms with Gasteiger partial charge in [-0.05, 0) is 43.7 Å². The molecule has 0 aliphatic carbocycles. The molecule has 1 nitrogen and oxygen atoms in total. The summed E-state index contributed by atoms with van der Waals surface area (Å²) in [4.78, 5) is -0.243. The third-order valence-corrected chi connectivity index (χ3v) is 4.06. The molecule has 2 rings (SSSR count). The standard InChI is InChI=1S/C13H16F3NS/c1-18-13-10(14)7-8(11(15)12(13)16)6-9-4-2-3-5-17-9/h7,9,17H,2-6H2,1H3. The Morgan fingerprint density at radius 1 is 1.28 bits per heavy atom. The molecule has 18 heavy (non-hydrogen) atoms. The van der Waals surface area contributed by atoms with Gasteiger partial charge in [-0.1, -0.05) is 6.42 Å². The first kappa shape index (κ1) is 13.7. The van der Waals surface area contributed by atoms with Crippen LogP contribution in [0.2, 0.25) is 0 Å². The summed E-state index contributed by atoms with van der Waals surface area (Å²) in [5.74, 6) is -2.64. The fourth-order valence-corrected chi connectivity index (χ4v) is 2.85.